The Morgan fingerprint density at radius 1 is 0.889 bits per heavy atom. The Kier molecular flexibility index (Phi) is 3.52. The maximum absolute atomic E-state index is 9.28. The molecule has 0 aliphatic rings. The molecule has 0 aromatic heterocycles. The summed E-state index contributed by atoms with van der Waals surface area (Å²) in [6.07, 6.45) is 0. The molecule has 0 bridgehead atoms. The van der Waals surface area contributed by atoms with Crippen LogP contribution in [-0.4, -0.2) is 5.11 Å². The van der Waals surface area contributed by atoms with Crippen LogP contribution in [0.5, 0.6) is 5.75 Å². The molecule has 0 aliphatic carbocycles. The molecule has 2 aromatic rings. The number of aromatic hydroxyl groups is 1. The van der Waals surface area contributed by atoms with Gasteiger partial charge in [-0.15, -0.1) is 0 Å². The lowest BCUT2D eigenvalue weighted by Crippen LogP contribution is -1.89. The van der Waals surface area contributed by atoms with Crippen LogP contribution in [0.2, 0.25) is 0 Å². The van der Waals surface area contributed by atoms with Crippen LogP contribution in [0.4, 0.5) is 0 Å². The summed E-state index contributed by atoms with van der Waals surface area (Å²) >= 11 is 0. The SMILES string of the molecule is C=C(c1ccc(O)cc1)c1ccc(C(C)C)cc1. The topological polar surface area (TPSA) is 20.2 Å². The molecule has 0 saturated heterocycles. The minimum atomic E-state index is 0.279. The minimum Gasteiger partial charge on any atom is -0.508 e. The lowest BCUT2D eigenvalue weighted by atomic mass is 9.96. The fraction of sp³-hybridized carbons (Fsp3) is 0.176. The van der Waals surface area contributed by atoms with Gasteiger partial charge in [0, 0.05) is 0 Å². The first kappa shape index (κ1) is 12.4. The van der Waals surface area contributed by atoms with E-state index in [0.29, 0.717) is 5.92 Å². The van der Waals surface area contributed by atoms with E-state index in [1.165, 1.54) is 5.56 Å². The number of phenols is 1. The van der Waals surface area contributed by atoms with Gasteiger partial charge in [-0.25, -0.2) is 0 Å². The molecule has 92 valence electrons. The predicted octanol–water partition coefficient (Wildman–Crippen LogP) is 4.58. The van der Waals surface area contributed by atoms with Crippen molar-refractivity contribution in [2.24, 2.45) is 0 Å². The number of phenolic OH excluding ortho intramolecular Hbond substituents is 1. The lowest BCUT2D eigenvalue weighted by Gasteiger charge is -2.09. The van der Waals surface area contributed by atoms with E-state index in [1.54, 1.807) is 12.1 Å². The van der Waals surface area contributed by atoms with Gasteiger partial charge >= 0.3 is 0 Å². The molecule has 0 spiro atoms. The van der Waals surface area contributed by atoms with Crippen LogP contribution < -0.4 is 0 Å². The Morgan fingerprint density at radius 2 is 1.33 bits per heavy atom. The highest BCUT2D eigenvalue weighted by Gasteiger charge is 2.04. The van der Waals surface area contributed by atoms with Crippen LogP contribution in [0.15, 0.2) is 55.1 Å². The van der Waals surface area contributed by atoms with Gasteiger partial charge in [0.15, 0.2) is 0 Å². The Bertz CT molecular complexity index is 533. The van der Waals surface area contributed by atoms with Gasteiger partial charge in [0.05, 0.1) is 0 Å². The van der Waals surface area contributed by atoms with Crippen molar-refractivity contribution in [1.29, 1.82) is 0 Å². The van der Waals surface area contributed by atoms with Crippen LogP contribution in [-0.2, 0) is 0 Å². The summed E-state index contributed by atoms with van der Waals surface area (Å²) in [6, 6.07) is 15.6. The quantitative estimate of drug-likeness (QED) is 0.830. The molecule has 2 rings (SSSR count). The smallest absolute Gasteiger partial charge is 0.115 e. The van der Waals surface area contributed by atoms with E-state index < -0.39 is 0 Å². The van der Waals surface area contributed by atoms with E-state index in [2.05, 4.69) is 44.7 Å². The molecule has 1 nitrogen and oxygen atoms in total. The third-order valence-electron chi connectivity index (χ3n) is 3.14. The first-order valence-electron chi connectivity index (χ1n) is 6.16. The average molecular weight is 238 g/mol. The normalized spacial score (nSPS) is 10.6. The molecule has 1 heteroatoms. The molecule has 1 N–H and O–H groups in total. The standard InChI is InChI=1S/C17H18O/c1-12(2)14-4-6-15(7-5-14)13(3)16-8-10-17(18)11-9-16/h4-12,18H,3H2,1-2H3. The maximum atomic E-state index is 9.28. The van der Waals surface area contributed by atoms with Gasteiger partial charge < -0.3 is 5.11 Å². The highest BCUT2D eigenvalue weighted by Crippen LogP contribution is 2.24. The van der Waals surface area contributed by atoms with Crippen LogP contribution in [0.3, 0.4) is 0 Å². The molecule has 0 saturated carbocycles. The van der Waals surface area contributed by atoms with E-state index >= 15 is 0 Å². The zero-order valence-corrected chi connectivity index (χ0v) is 10.9. The molecule has 18 heavy (non-hydrogen) atoms. The van der Waals surface area contributed by atoms with Crippen molar-refractivity contribution >= 4 is 5.57 Å². The first-order chi connectivity index (χ1) is 8.58. The second kappa shape index (κ2) is 5.09. The van der Waals surface area contributed by atoms with E-state index in [4.69, 9.17) is 0 Å². The van der Waals surface area contributed by atoms with Crippen molar-refractivity contribution in [3.63, 3.8) is 0 Å². The van der Waals surface area contributed by atoms with Crippen LogP contribution in [0, 0.1) is 0 Å². The molecular weight excluding hydrogens is 220 g/mol. The van der Waals surface area contributed by atoms with E-state index in [-0.39, 0.29) is 5.75 Å². The van der Waals surface area contributed by atoms with E-state index in [0.717, 1.165) is 16.7 Å². The van der Waals surface area contributed by atoms with Crippen molar-refractivity contribution in [3.05, 3.63) is 71.8 Å². The van der Waals surface area contributed by atoms with Gasteiger partial charge in [-0.3, -0.25) is 0 Å². The molecule has 0 unspecified atom stereocenters. The van der Waals surface area contributed by atoms with Crippen molar-refractivity contribution in [2.75, 3.05) is 0 Å². The summed E-state index contributed by atoms with van der Waals surface area (Å²) in [7, 11) is 0. The Labute approximate surface area is 108 Å². The highest BCUT2D eigenvalue weighted by atomic mass is 16.3. The maximum Gasteiger partial charge on any atom is 0.115 e. The Hall–Kier alpha value is -2.02. The molecule has 2 aromatic carbocycles. The largest absolute Gasteiger partial charge is 0.508 e. The molecule has 0 amide bonds. The van der Waals surface area contributed by atoms with Gasteiger partial charge in [-0.05, 0) is 40.3 Å². The number of hydrogen-bond donors (Lipinski definition) is 1. The number of benzene rings is 2. The fourth-order valence-electron chi connectivity index (χ4n) is 1.90. The Balaban J connectivity index is 2.26. The summed E-state index contributed by atoms with van der Waals surface area (Å²) in [6.45, 7) is 8.49. The third-order valence-corrected chi connectivity index (χ3v) is 3.14. The van der Waals surface area contributed by atoms with Gasteiger partial charge in [-0.2, -0.15) is 0 Å². The molecular formula is C17H18O. The second-order valence-electron chi connectivity index (χ2n) is 4.80. The van der Waals surface area contributed by atoms with Crippen molar-refractivity contribution in [1.82, 2.24) is 0 Å². The zero-order chi connectivity index (χ0) is 13.1. The highest BCUT2D eigenvalue weighted by molar-refractivity contribution is 5.78. The molecule has 0 fully saturated rings. The van der Waals surface area contributed by atoms with Gasteiger partial charge in [0.2, 0.25) is 0 Å². The monoisotopic (exact) mass is 238 g/mol. The third kappa shape index (κ3) is 2.62. The summed E-state index contributed by atoms with van der Waals surface area (Å²) in [5, 5.41) is 9.28. The summed E-state index contributed by atoms with van der Waals surface area (Å²) in [5.41, 5.74) is 4.46. The molecule has 0 heterocycles. The second-order valence-corrected chi connectivity index (χ2v) is 4.80. The molecule has 0 aliphatic heterocycles. The van der Waals surface area contributed by atoms with Crippen molar-refractivity contribution < 1.29 is 5.11 Å². The summed E-state index contributed by atoms with van der Waals surface area (Å²) in [5.74, 6) is 0.822. The van der Waals surface area contributed by atoms with E-state index in [1.807, 2.05) is 12.1 Å². The molecule has 0 atom stereocenters. The predicted molar refractivity (Wildman–Crippen MR) is 76.8 cm³/mol. The van der Waals surface area contributed by atoms with Crippen molar-refractivity contribution in [2.45, 2.75) is 19.8 Å². The van der Waals surface area contributed by atoms with Crippen LogP contribution >= 0.6 is 0 Å². The fourth-order valence-corrected chi connectivity index (χ4v) is 1.90. The first-order valence-corrected chi connectivity index (χ1v) is 6.16. The average Bonchev–Trinajstić information content (AvgIpc) is 2.39. The Morgan fingerprint density at radius 3 is 1.78 bits per heavy atom. The van der Waals surface area contributed by atoms with Crippen LogP contribution in [0.1, 0.15) is 36.5 Å². The number of rotatable bonds is 3. The summed E-state index contributed by atoms with van der Waals surface area (Å²) < 4.78 is 0. The van der Waals surface area contributed by atoms with Crippen molar-refractivity contribution in [3.8, 4) is 5.75 Å². The van der Waals surface area contributed by atoms with Gasteiger partial charge in [-0.1, -0.05) is 56.8 Å². The summed E-state index contributed by atoms with van der Waals surface area (Å²) in [4.78, 5) is 0. The zero-order valence-electron chi connectivity index (χ0n) is 10.9. The minimum absolute atomic E-state index is 0.279. The van der Waals surface area contributed by atoms with Gasteiger partial charge in [0.1, 0.15) is 5.75 Å². The lowest BCUT2D eigenvalue weighted by molar-refractivity contribution is 0.475. The molecule has 0 radical (unpaired) electrons. The van der Waals surface area contributed by atoms with E-state index in [9.17, 15) is 5.11 Å². The number of hydrogen-bond acceptors (Lipinski definition) is 1. The van der Waals surface area contributed by atoms with Gasteiger partial charge in [0.25, 0.3) is 0 Å². The van der Waals surface area contributed by atoms with Crippen LogP contribution in [0.25, 0.3) is 5.57 Å².